The molecular weight excluding hydrogens is 218 g/mol. The fourth-order valence-electron chi connectivity index (χ4n) is 1.69. The van der Waals surface area contributed by atoms with E-state index in [1.807, 2.05) is 6.92 Å². The Morgan fingerprint density at radius 2 is 2.35 bits per heavy atom. The van der Waals surface area contributed by atoms with Crippen molar-refractivity contribution in [2.24, 2.45) is 0 Å². The highest BCUT2D eigenvalue weighted by Crippen LogP contribution is 2.24. The van der Waals surface area contributed by atoms with E-state index in [0.29, 0.717) is 30.4 Å². The summed E-state index contributed by atoms with van der Waals surface area (Å²) in [4.78, 5) is 8.29. The molecule has 2 aromatic rings. The zero-order valence-electron chi connectivity index (χ0n) is 9.77. The van der Waals surface area contributed by atoms with Gasteiger partial charge in [-0.05, 0) is 6.92 Å². The molecule has 6 heteroatoms. The Balaban J connectivity index is 2.61. The molecule has 2 aromatic heterocycles. The summed E-state index contributed by atoms with van der Waals surface area (Å²) in [5, 5.41) is 12.8. The van der Waals surface area contributed by atoms with Crippen LogP contribution in [0.1, 0.15) is 12.5 Å². The van der Waals surface area contributed by atoms with Gasteiger partial charge in [-0.25, -0.2) is 9.97 Å². The third-order valence-electron chi connectivity index (χ3n) is 2.45. The van der Waals surface area contributed by atoms with Crippen molar-refractivity contribution in [3.8, 4) is 6.07 Å². The molecule has 0 aromatic carbocycles. The third kappa shape index (κ3) is 1.92. The van der Waals surface area contributed by atoms with Gasteiger partial charge in [0, 0.05) is 19.9 Å². The molecule has 88 valence electrons. The smallest absolute Gasteiger partial charge is 0.148 e. The molecular formula is C11H13N5O. The Morgan fingerprint density at radius 3 is 3.00 bits per heavy atom. The van der Waals surface area contributed by atoms with Crippen LogP contribution in [0.5, 0.6) is 0 Å². The van der Waals surface area contributed by atoms with Crippen LogP contribution in [0.15, 0.2) is 12.5 Å². The second-order valence-corrected chi connectivity index (χ2v) is 3.42. The van der Waals surface area contributed by atoms with Crippen molar-refractivity contribution in [3.63, 3.8) is 0 Å². The van der Waals surface area contributed by atoms with Crippen LogP contribution in [-0.2, 0) is 11.5 Å². The second kappa shape index (κ2) is 4.80. The molecule has 1 N–H and O–H groups in total. The molecule has 0 saturated heterocycles. The van der Waals surface area contributed by atoms with Crippen LogP contribution in [-0.4, -0.2) is 28.2 Å². The molecule has 0 atom stereocenters. The predicted octanol–water partition coefficient (Wildman–Crippen LogP) is 1.34. The van der Waals surface area contributed by atoms with Crippen molar-refractivity contribution >= 4 is 16.9 Å². The van der Waals surface area contributed by atoms with Gasteiger partial charge in [-0.1, -0.05) is 0 Å². The Morgan fingerprint density at radius 1 is 1.53 bits per heavy atom. The Hall–Kier alpha value is -2.13. The minimum atomic E-state index is 0.384. The van der Waals surface area contributed by atoms with Gasteiger partial charge in [0.1, 0.15) is 30.6 Å². The molecule has 2 rings (SSSR count). The lowest BCUT2D eigenvalue weighted by Crippen LogP contribution is -2.02. The number of aromatic nitrogens is 3. The molecule has 0 spiro atoms. The first kappa shape index (κ1) is 11.4. The van der Waals surface area contributed by atoms with Crippen molar-refractivity contribution in [1.29, 1.82) is 5.26 Å². The Labute approximate surface area is 98.9 Å². The van der Waals surface area contributed by atoms with Crippen molar-refractivity contribution in [2.75, 3.05) is 19.0 Å². The van der Waals surface area contributed by atoms with Gasteiger partial charge >= 0.3 is 0 Å². The summed E-state index contributed by atoms with van der Waals surface area (Å²) in [6.45, 7) is 2.92. The molecule has 0 saturated carbocycles. The molecule has 6 nitrogen and oxygen atoms in total. The van der Waals surface area contributed by atoms with Crippen LogP contribution in [0.25, 0.3) is 11.0 Å². The minimum absolute atomic E-state index is 0.384. The summed E-state index contributed by atoms with van der Waals surface area (Å²) >= 11 is 0. The first-order valence-corrected chi connectivity index (χ1v) is 5.31. The third-order valence-corrected chi connectivity index (χ3v) is 2.45. The quantitative estimate of drug-likeness (QED) is 0.859. The fraction of sp³-hybridized carbons (Fsp3) is 0.364. The molecule has 0 aliphatic heterocycles. The zero-order valence-corrected chi connectivity index (χ0v) is 9.77. The van der Waals surface area contributed by atoms with Crippen LogP contribution in [0.4, 0.5) is 5.82 Å². The van der Waals surface area contributed by atoms with E-state index in [-0.39, 0.29) is 0 Å². The highest BCUT2D eigenvalue weighted by atomic mass is 16.5. The molecule has 0 aliphatic carbocycles. The van der Waals surface area contributed by atoms with Gasteiger partial charge < -0.3 is 14.6 Å². The largest absolute Gasteiger partial charge is 0.372 e. The summed E-state index contributed by atoms with van der Waals surface area (Å²) in [5.41, 5.74) is 1.25. The first-order valence-electron chi connectivity index (χ1n) is 5.31. The molecule has 0 aliphatic rings. The highest BCUT2D eigenvalue weighted by molar-refractivity contribution is 5.92. The lowest BCUT2D eigenvalue weighted by Gasteiger charge is -2.04. The van der Waals surface area contributed by atoms with E-state index in [4.69, 9.17) is 10.00 Å². The van der Waals surface area contributed by atoms with Gasteiger partial charge in [0.05, 0.1) is 10.9 Å². The summed E-state index contributed by atoms with van der Waals surface area (Å²) in [5.74, 6) is 0.654. The van der Waals surface area contributed by atoms with Crippen LogP contribution in [0, 0.1) is 11.3 Å². The lowest BCUT2D eigenvalue weighted by atomic mass is 10.2. The molecule has 0 unspecified atom stereocenters. The van der Waals surface area contributed by atoms with Crippen LogP contribution < -0.4 is 5.32 Å². The average Bonchev–Trinajstić information content (AvgIpc) is 2.74. The average molecular weight is 231 g/mol. The number of hydrogen-bond acceptors (Lipinski definition) is 5. The number of nitriles is 1. The summed E-state index contributed by atoms with van der Waals surface area (Å²) in [6, 6.07) is 2.15. The van der Waals surface area contributed by atoms with Crippen molar-refractivity contribution in [2.45, 2.75) is 13.7 Å². The SMILES string of the molecule is CCOCn1cc(C#N)c2c(NC)ncnc21. The maximum atomic E-state index is 9.11. The highest BCUT2D eigenvalue weighted by Gasteiger charge is 2.13. The van der Waals surface area contributed by atoms with E-state index in [1.54, 1.807) is 17.8 Å². The zero-order chi connectivity index (χ0) is 12.3. The van der Waals surface area contributed by atoms with Gasteiger partial charge in [-0.3, -0.25) is 0 Å². The first-order chi connectivity index (χ1) is 8.31. The summed E-state index contributed by atoms with van der Waals surface area (Å²) in [6.07, 6.45) is 3.20. The van der Waals surface area contributed by atoms with Gasteiger partial charge in [0.25, 0.3) is 0 Å². The van der Waals surface area contributed by atoms with Gasteiger partial charge in [-0.15, -0.1) is 0 Å². The van der Waals surface area contributed by atoms with Crippen molar-refractivity contribution in [1.82, 2.24) is 14.5 Å². The van der Waals surface area contributed by atoms with Gasteiger partial charge in [-0.2, -0.15) is 5.26 Å². The molecule has 0 bridgehead atoms. The molecule has 0 radical (unpaired) electrons. The Bertz CT molecular complexity index is 569. The molecule has 0 amide bonds. The lowest BCUT2D eigenvalue weighted by molar-refractivity contribution is 0.0905. The van der Waals surface area contributed by atoms with Crippen LogP contribution >= 0.6 is 0 Å². The molecule has 17 heavy (non-hydrogen) atoms. The number of rotatable bonds is 4. The fourth-order valence-corrected chi connectivity index (χ4v) is 1.69. The van der Waals surface area contributed by atoms with E-state index >= 15 is 0 Å². The maximum absolute atomic E-state index is 9.11. The van der Waals surface area contributed by atoms with Crippen LogP contribution in [0.3, 0.4) is 0 Å². The van der Waals surface area contributed by atoms with Crippen LogP contribution in [0.2, 0.25) is 0 Å². The molecule has 2 heterocycles. The predicted molar refractivity (Wildman–Crippen MR) is 63.4 cm³/mol. The topological polar surface area (TPSA) is 75.8 Å². The standard InChI is InChI=1S/C11H13N5O/c1-3-17-7-16-5-8(4-12)9-10(13-2)14-6-15-11(9)16/h5-6H,3,7H2,1-2H3,(H,13,14,15). The summed E-state index contributed by atoms with van der Waals surface area (Å²) in [7, 11) is 1.77. The number of nitrogens with one attached hydrogen (secondary N) is 1. The van der Waals surface area contributed by atoms with E-state index in [2.05, 4.69) is 21.4 Å². The summed E-state index contributed by atoms with van der Waals surface area (Å²) < 4.78 is 7.14. The Kier molecular flexibility index (Phi) is 3.21. The number of nitrogens with zero attached hydrogens (tertiary/aromatic N) is 4. The molecule has 0 fully saturated rings. The van der Waals surface area contributed by atoms with E-state index in [0.717, 1.165) is 5.39 Å². The van der Waals surface area contributed by atoms with Crippen molar-refractivity contribution in [3.05, 3.63) is 18.1 Å². The van der Waals surface area contributed by atoms with E-state index in [1.165, 1.54) is 6.33 Å². The van der Waals surface area contributed by atoms with E-state index in [9.17, 15) is 0 Å². The normalized spacial score (nSPS) is 10.4. The van der Waals surface area contributed by atoms with Gasteiger partial charge in [0.15, 0.2) is 0 Å². The van der Waals surface area contributed by atoms with Crippen molar-refractivity contribution < 1.29 is 4.74 Å². The van der Waals surface area contributed by atoms with Gasteiger partial charge in [0.2, 0.25) is 0 Å². The number of hydrogen-bond donors (Lipinski definition) is 1. The number of ether oxygens (including phenoxy) is 1. The second-order valence-electron chi connectivity index (χ2n) is 3.42. The number of anilines is 1. The maximum Gasteiger partial charge on any atom is 0.148 e. The number of fused-ring (bicyclic) bond motifs is 1. The minimum Gasteiger partial charge on any atom is -0.372 e. The van der Waals surface area contributed by atoms with E-state index < -0.39 is 0 Å². The monoisotopic (exact) mass is 231 g/mol.